The van der Waals surface area contributed by atoms with Crippen LogP contribution in [0, 0.1) is 45.3 Å². The van der Waals surface area contributed by atoms with Crippen LogP contribution in [0.2, 0.25) is 0 Å². The first-order valence-corrected chi connectivity index (χ1v) is 13.3. The highest BCUT2D eigenvalue weighted by Gasteiger charge is 2.64. The fourth-order valence-corrected chi connectivity index (χ4v) is 9.59. The van der Waals surface area contributed by atoms with Crippen LogP contribution >= 0.6 is 0 Å². The van der Waals surface area contributed by atoms with Crippen LogP contribution < -0.4 is 0 Å². The molecular weight excluding hydrogens is 360 g/mol. The Morgan fingerprint density at radius 3 is 2.47 bits per heavy atom. The summed E-state index contributed by atoms with van der Waals surface area (Å²) in [6, 6.07) is 0. The molecule has 0 aromatic rings. The van der Waals surface area contributed by atoms with E-state index in [9.17, 15) is 0 Å². The largest absolute Gasteiger partial charge is 0.0859 e. The van der Waals surface area contributed by atoms with Crippen LogP contribution in [0.3, 0.4) is 0 Å². The Hall–Kier alpha value is -0.520. The van der Waals surface area contributed by atoms with E-state index in [4.69, 9.17) is 0 Å². The Morgan fingerprint density at radius 1 is 1.03 bits per heavy atom. The smallest absolute Gasteiger partial charge is 0.00568 e. The summed E-state index contributed by atoms with van der Waals surface area (Å²) < 4.78 is 0. The predicted molar refractivity (Wildman–Crippen MR) is 131 cm³/mol. The van der Waals surface area contributed by atoms with Crippen molar-refractivity contribution in [1.82, 2.24) is 0 Å². The van der Waals surface area contributed by atoms with E-state index in [1.807, 2.05) is 5.57 Å². The van der Waals surface area contributed by atoms with Gasteiger partial charge in [-0.3, -0.25) is 0 Å². The molecule has 0 aliphatic heterocycles. The lowest BCUT2D eigenvalue weighted by molar-refractivity contribution is -0.0798. The van der Waals surface area contributed by atoms with Crippen LogP contribution in [0.1, 0.15) is 120 Å². The number of hydrogen-bond donors (Lipinski definition) is 0. The molecule has 0 unspecified atom stereocenters. The Bertz CT molecular complexity index is 718. The van der Waals surface area contributed by atoms with Crippen LogP contribution in [0.4, 0.5) is 0 Å². The molecule has 0 heteroatoms. The van der Waals surface area contributed by atoms with Gasteiger partial charge in [0.05, 0.1) is 0 Å². The van der Waals surface area contributed by atoms with Gasteiger partial charge in [0.25, 0.3) is 0 Å². The standard InChI is InChI=1S/C30H50/c1-21(2)11-9-12-22(3)23-15-19-30(8)25-13-14-26-27(4,5)17-10-18-28(26,6)24(25)16-20-29(23,30)7/h11,13,22-24,26H,9-10,12,14-20H2,1-8H3/t22-,23+,24+,26+,28-,29+,30-/m1/s1. The van der Waals surface area contributed by atoms with Gasteiger partial charge in [0, 0.05) is 0 Å². The van der Waals surface area contributed by atoms with Crippen molar-refractivity contribution in [2.75, 3.05) is 0 Å². The summed E-state index contributed by atoms with van der Waals surface area (Å²) in [7, 11) is 0. The second kappa shape index (κ2) is 7.52. The lowest BCUT2D eigenvalue weighted by Gasteiger charge is -2.63. The zero-order valence-electron chi connectivity index (χ0n) is 21.5. The molecule has 0 radical (unpaired) electrons. The monoisotopic (exact) mass is 410 g/mol. The van der Waals surface area contributed by atoms with Gasteiger partial charge in [-0.2, -0.15) is 0 Å². The average Bonchev–Trinajstić information content (AvgIpc) is 2.92. The van der Waals surface area contributed by atoms with Crippen molar-refractivity contribution in [3.8, 4) is 0 Å². The molecular formula is C30H50. The zero-order chi connectivity index (χ0) is 21.9. The highest BCUT2D eigenvalue weighted by Crippen LogP contribution is 2.73. The molecule has 0 nitrogen and oxygen atoms in total. The van der Waals surface area contributed by atoms with Crippen molar-refractivity contribution in [1.29, 1.82) is 0 Å². The van der Waals surface area contributed by atoms with Crippen LogP contribution in [-0.2, 0) is 0 Å². The molecule has 4 aliphatic carbocycles. The summed E-state index contributed by atoms with van der Waals surface area (Å²) in [5.41, 5.74) is 5.42. The molecule has 0 bridgehead atoms. The summed E-state index contributed by atoms with van der Waals surface area (Å²) in [6.45, 7) is 20.3. The van der Waals surface area contributed by atoms with Gasteiger partial charge in [-0.1, -0.05) is 71.3 Å². The number of rotatable bonds is 4. The first kappa shape index (κ1) is 22.7. The fraction of sp³-hybridized carbons (Fsp3) is 0.867. The minimum atomic E-state index is 0.445. The maximum atomic E-state index is 2.80. The van der Waals surface area contributed by atoms with Crippen LogP contribution in [0.5, 0.6) is 0 Å². The topological polar surface area (TPSA) is 0 Å². The molecule has 30 heavy (non-hydrogen) atoms. The Kier molecular flexibility index (Phi) is 5.68. The average molecular weight is 411 g/mol. The van der Waals surface area contributed by atoms with Gasteiger partial charge in [-0.05, 0) is 117 Å². The molecule has 0 aromatic heterocycles. The maximum absolute atomic E-state index is 2.80. The normalized spacial score (nSPS) is 45.6. The van der Waals surface area contributed by atoms with Crippen LogP contribution in [-0.4, -0.2) is 0 Å². The van der Waals surface area contributed by atoms with Crippen molar-refractivity contribution in [3.63, 3.8) is 0 Å². The quantitative estimate of drug-likeness (QED) is 0.405. The van der Waals surface area contributed by atoms with E-state index in [1.54, 1.807) is 0 Å². The van der Waals surface area contributed by atoms with E-state index in [0.29, 0.717) is 21.7 Å². The Morgan fingerprint density at radius 2 is 1.77 bits per heavy atom. The second-order valence-corrected chi connectivity index (χ2v) is 13.6. The molecule has 0 saturated heterocycles. The number of fused-ring (bicyclic) bond motifs is 5. The van der Waals surface area contributed by atoms with E-state index >= 15 is 0 Å². The lowest BCUT2D eigenvalue weighted by atomic mass is 9.41. The van der Waals surface area contributed by atoms with Crippen molar-refractivity contribution in [2.45, 2.75) is 120 Å². The third-order valence-electron chi connectivity index (χ3n) is 11.5. The summed E-state index contributed by atoms with van der Waals surface area (Å²) in [6.07, 6.45) is 19.4. The van der Waals surface area contributed by atoms with E-state index in [0.717, 1.165) is 23.7 Å². The number of allylic oxidation sites excluding steroid dienone is 4. The van der Waals surface area contributed by atoms with Crippen LogP contribution in [0.25, 0.3) is 0 Å². The Labute approximate surface area is 188 Å². The highest BCUT2D eigenvalue weighted by molar-refractivity contribution is 5.33. The van der Waals surface area contributed by atoms with Gasteiger partial charge >= 0.3 is 0 Å². The number of hydrogen-bond acceptors (Lipinski definition) is 0. The molecule has 0 aromatic carbocycles. The van der Waals surface area contributed by atoms with Gasteiger partial charge in [0.2, 0.25) is 0 Å². The van der Waals surface area contributed by atoms with Gasteiger partial charge in [0.1, 0.15) is 0 Å². The zero-order valence-corrected chi connectivity index (χ0v) is 21.5. The van der Waals surface area contributed by atoms with E-state index in [-0.39, 0.29) is 0 Å². The first-order valence-electron chi connectivity index (χ1n) is 13.3. The van der Waals surface area contributed by atoms with Gasteiger partial charge in [0.15, 0.2) is 0 Å². The molecule has 0 N–H and O–H groups in total. The maximum Gasteiger partial charge on any atom is -0.00568 e. The summed E-state index contributed by atoms with van der Waals surface area (Å²) in [5.74, 6) is 3.50. The van der Waals surface area contributed by atoms with Crippen LogP contribution in [0.15, 0.2) is 23.3 Å². The molecule has 3 saturated carbocycles. The highest BCUT2D eigenvalue weighted by atomic mass is 14.7. The van der Waals surface area contributed by atoms with E-state index in [1.165, 1.54) is 69.8 Å². The third kappa shape index (κ3) is 3.21. The minimum Gasteiger partial charge on any atom is -0.0859 e. The van der Waals surface area contributed by atoms with Gasteiger partial charge in [-0.15, -0.1) is 0 Å². The van der Waals surface area contributed by atoms with Gasteiger partial charge in [-0.25, -0.2) is 0 Å². The molecule has 0 heterocycles. The minimum absolute atomic E-state index is 0.445. The van der Waals surface area contributed by atoms with Gasteiger partial charge < -0.3 is 0 Å². The fourth-order valence-electron chi connectivity index (χ4n) is 9.59. The molecule has 170 valence electrons. The third-order valence-corrected chi connectivity index (χ3v) is 11.5. The predicted octanol–water partition coefficient (Wildman–Crippen LogP) is 9.36. The SMILES string of the molecule is CC(C)=CCC[C@@H](C)[C@@H]1CC[C@]2(C)C3=CC[C@H]4C(C)(C)CCC[C@]4(C)[C@H]3CC[C@@]12C. The second-order valence-electron chi connectivity index (χ2n) is 13.6. The lowest BCUT2D eigenvalue weighted by Crippen LogP contribution is -2.55. The van der Waals surface area contributed by atoms with Crippen molar-refractivity contribution in [2.24, 2.45) is 45.3 Å². The van der Waals surface area contributed by atoms with Crippen molar-refractivity contribution < 1.29 is 0 Å². The molecule has 4 rings (SSSR count). The first-order chi connectivity index (χ1) is 14.0. The van der Waals surface area contributed by atoms with Crippen molar-refractivity contribution >= 4 is 0 Å². The van der Waals surface area contributed by atoms with E-state index < -0.39 is 0 Å². The summed E-state index contributed by atoms with van der Waals surface area (Å²) in [5, 5.41) is 0. The summed E-state index contributed by atoms with van der Waals surface area (Å²) >= 11 is 0. The summed E-state index contributed by atoms with van der Waals surface area (Å²) in [4.78, 5) is 0. The molecule has 0 spiro atoms. The molecule has 3 fully saturated rings. The molecule has 4 aliphatic rings. The van der Waals surface area contributed by atoms with E-state index in [2.05, 4.69) is 67.5 Å². The molecule has 7 atom stereocenters. The Balaban J connectivity index is 1.62. The molecule has 0 amide bonds. The van der Waals surface area contributed by atoms with Crippen molar-refractivity contribution in [3.05, 3.63) is 23.3 Å².